The van der Waals surface area contributed by atoms with E-state index in [1.54, 1.807) is 0 Å². The third kappa shape index (κ3) is 4.04. The standard InChI is InChI=1S/C18H22BrN3O3/c1-11-4-3-7-22(9-11)10-15(23)21-16-13-8-12(19)5-6-14(13)20-17(16)18(24)25-2/h5-6,8,11,20H,3-4,7,9-10H2,1-2H3,(H,21,23)/t11-/m0/s1. The number of carbonyl (C=O) groups is 2. The van der Waals surface area contributed by atoms with E-state index >= 15 is 0 Å². The van der Waals surface area contributed by atoms with Crippen LogP contribution in [0.5, 0.6) is 0 Å². The van der Waals surface area contributed by atoms with Gasteiger partial charge in [0.25, 0.3) is 0 Å². The van der Waals surface area contributed by atoms with E-state index in [0.29, 0.717) is 18.2 Å². The SMILES string of the molecule is COC(=O)c1[nH]c2ccc(Br)cc2c1NC(=O)CN1CCC[C@H](C)C1. The zero-order chi connectivity index (χ0) is 18.0. The van der Waals surface area contributed by atoms with Crippen molar-refractivity contribution >= 4 is 44.4 Å². The number of hydrogen-bond acceptors (Lipinski definition) is 4. The second-order valence-electron chi connectivity index (χ2n) is 6.59. The second kappa shape index (κ2) is 7.58. The molecule has 3 rings (SSSR count). The molecule has 2 aromatic rings. The van der Waals surface area contributed by atoms with Gasteiger partial charge in [-0.2, -0.15) is 0 Å². The maximum atomic E-state index is 12.5. The minimum absolute atomic E-state index is 0.125. The predicted molar refractivity (Wildman–Crippen MR) is 101 cm³/mol. The van der Waals surface area contributed by atoms with Crippen molar-refractivity contribution in [1.29, 1.82) is 0 Å². The van der Waals surface area contributed by atoms with E-state index < -0.39 is 5.97 Å². The van der Waals surface area contributed by atoms with Gasteiger partial charge in [0.15, 0.2) is 0 Å². The summed E-state index contributed by atoms with van der Waals surface area (Å²) in [6, 6.07) is 5.60. The van der Waals surface area contributed by atoms with Crippen molar-refractivity contribution in [2.24, 2.45) is 5.92 Å². The highest BCUT2D eigenvalue weighted by Gasteiger charge is 2.23. The number of likely N-dealkylation sites (tertiary alicyclic amines) is 1. The number of anilines is 1. The first-order chi connectivity index (χ1) is 12.0. The van der Waals surface area contributed by atoms with Gasteiger partial charge in [0.05, 0.1) is 19.3 Å². The van der Waals surface area contributed by atoms with Gasteiger partial charge in [0.1, 0.15) is 5.69 Å². The van der Waals surface area contributed by atoms with Gasteiger partial charge in [0.2, 0.25) is 5.91 Å². The van der Waals surface area contributed by atoms with Crippen LogP contribution in [-0.4, -0.2) is 48.5 Å². The average Bonchev–Trinajstić information content (AvgIpc) is 2.92. The van der Waals surface area contributed by atoms with Gasteiger partial charge >= 0.3 is 5.97 Å². The number of halogens is 1. The molecule has 0 bridgehead atoms. The number of benzene rings is 1. The predicted octanol–water partition coefficient (Wildman–Crippen LogP) is 3.39. The molecule has 0 aliphatic carbocycles. The molecule has 1 aromatic heterocycles. The molecule has 0 saturated carbocycles. The summed E-state index contributed by atoms with van der Waals surface area (Å²) in [6.45, 7) is 4.39. The summed E-state index contributed by atoms with van der Waals surface area (Å²) in [5.74, 6) is -0.0226. The lowest BCUT2D eigenvalue weighted by Gasteiger charge is -2.30. The Morgan fingerprint density at radius 1 is 1.44 bits per heavy atom. The monoisotopic (exact) mass is 407 g/mol. The first-order valence-corrected chi connectivity index (χ1v) is 9.19. The third-order valence-electron chi connectivity index (χ3n) is 4.52. The Balaban J connectivity index is 1.84. The van der Waals surface area contributed by atoms with Gasteiger partial charge in [-0.3, -0.25) is 9.69 Å². The van der Waals surface area contributed by atoms with Crippen LogP contribution in [0.4, 0.5) is 5.69 Å². The topological polar surface area (TPSA) is 74.4 Å². The summed E-state index contributed by atoms with van der Waals surface area (Å²) < 4.78 is 5.71. The van der Waals surface area contributed by atoms with Crippen LogP contribution >= 0.6 is 15.9 Å². The van der Waals surface area contributed by atoms with Gasteiger partial charge in [0, 0.05) is 21.9 Å². The van der Waals surface area contributed by atoms with Gasteiger partial charge in [-0.1, -0.05) is 22.9 Å². The number of piperidine rings is 1. The molecule has 1 aromatic carbocycles. The summed E-state index contributed by atoms with van der Waals surface area (Å²) >= 11 is 3.43. The van der Waals surface area contributed by atoms with E-state index in [9.17, 15) is 9.59 Å². The molecule has 6 nitrogen and oxygen atoms in total. The number of fused-ring (bicyclic) bond motifs is 1. The number of esters is 1. The largest absolute Gasteiger partial charge is 0.464 e. The minimum Gasteiger partial charge on any atom is -0.464 e. The second-order valence-corrected chi connectivity index (χ2v) is 7.50. The zero-order valence-corrected chi connectivity index (χ0v) is 16.0. The Kier molecular flexibility index (Phi) is 5.44. The Labute approximate surface area is 155 Å². The van der Waals surface area contributed by atoms with Crippen molar-refractivity contribution in [1.82, 2.24) is 9.88 Å². The Bertz CT molecular complexity index is 802. The fourth-order valence-corrected chi connectivity index (χ4v) is 3.72. The van der Waals surface area contributed by atoms with Crippen LogP contribution in [0.15, 0.2) is 22.7 Å². The fraction of sp³-hybridized carbons (Fsp3) is 0.444. The summed E-state index contributed by atoms with van der Waals surface area (Å²) in [6.07, 6.45) is 2.32. The number of aromatic nitrogens is 1. The van der Waals surface area contributed by atoms with Crippen LogP contribution in [0.2, 0.25) is 0 Å². The first kappa shape index (κ1) is 17.9. The van der Waals surface area contributed by atoms with Crippen LogP contribution in [-0.2, 0) is 9.53 Å². The summed E-state index contributed by atoms with van der Waals surface area (Å²) in [5, 5.41) is 3.68. The number of methoxy groups -OCH3 is 1. The summed E-state index contributed by atoms with van der Waals surface area (Å²) in [5.41, 5.74) is 1.50. The Morgan fingerprint density at radius 2 is 2.24 bits per heavy atom. The number of amides is 1. The number of ether oxygens (including phenoxy) is 1. The Hall–Kier alpha value is -1.86. The highest BCUT2D eigenvalue weighted by atomic mass is 79.9. The summed E-state index contributed by atoms with van der Waals surface area (Å²) in [7, 11) is 1.32. The average molecular weight is 408 g/mol. The molecule has 1 aliphatic rings. The van der Waals surface area contributed by atoms with E-state index in [-0.39, 0.29) is 11.6 Å². The van der Waals surface area contributed by atoms with Crippen molar-refractivity contribution in [3.8, 4) is 0 Å². The zero-order valence-electron chi connectivity index (χ0n) is 14.4. The molecule has 0 radical (unpaired) electrons. The van der Waals surface area contributed by atoms with Gasteiger partial charge < -0.3 is 15.0 Å². The van der Waals surface area contributed by atoms with Gasteiger partial charge in [-0.05, 0) is 43.5 Å². The molecule has 134 valence electrons. The van der Waals surface area contributed by atoms with E-state index in [2.05, 4.69) is 38.1 Å². The van der Waals surface area contributed by atoms with Crippen LogP contribution in [0.3, 0.4) is 0 Å². The molecule has 1 aliphatic heterocycles. The molecule has 25 heavy (non-hydrogen) atoms. The highest BCUT2D eigenvalue weighted by Crippen LogP contribution is 2.31. The number of hydrogen-bond donors (Lipinski definition) is 2. The molecule has 1 amide bonds. The minimum atomic E-state index is -0.505. The molecule has 2 heterocycles. The quantitative estimate of drug-likeness (QED) is 0.761. The number of aromatic amines is 1. The maximum absolute atomic E-state index is 12.5. The lowest BCUT2D eigenvalue weighted by atomic mass is 10.0. The molecule has 2 N–H and O–H groups in total. The van der Waals surface area contributed by atoms with Crippen LogP contribution in [0.25, 0.3) is 10.9 Å². The summed E-state index contributed by atoms with van der Waals surface area (Å²) in [4.78, 5) is 29.8. The molecular weight excluding hydrogens is 386 g/mol. The lowest BCUT2D eigenvalue weighted by molar-refractivity contribution is -0.117. The molecule has 7 heteroatoms. The number of nitrogens with zero attached hydrogens (tertiary/aromatic N) is 1. The first-order valence-electron chi connectivity index (χ1n) is 8.39. The van der Waals surface area contributed by atoms with Crippen molar-refractivity contribution in [3.63, 3.8) is 0 Å². The fourth-order valence-electron chi connectivity index (χ4n) is 3.36. The van der Waals surface area contributed by atoms with Crippen LogP contribution in [0, 0.1) is 5.92 Å². The lowest BCUT2D eigenvalue weighted by Crippen LogP contribution is -2.39. The molecule has 1 fully saturated rings. The molecule has 1 atom stereocenters. The van der Waals surface area contributed by atoms with Crippen LogP contribution < -0.4 is 5.32 Å². The van der Waals surface area contributed by atoms with E-state index in [0.717, 1.165) is 34.9 Å². The van der Waals surface area contributed by atoms with Crippen molar-refractivity contribution in [2.75, 3.05) is 32.1 Å². The van der Waals surface area contributed by atoms with E-state index in [4.69, 9.17) is 4.74 Å². The number of H-pyrrole nitrogens is 1. The van der Waals surface area contributed by atoms with Crippen LogP contribution in [0.1, 0.15) is 30.3 Å². The normalized spacial score (nSPS) is 18.3. The van der Waals surface area contributed by atoms with Gasteiger partial charge in [-0.15, -0.1) is 0 Å². The molecule has 0 spiro atoms. The number of carbonyl (C=O) groups excluding carboxylic acids is 2. The molecule has 0 unspecified atom stereocenters. The van der Waals surface area contributed by atoms with E-state index in [1.165, 1.54) is 13.5 Å². The smallest absolute Gasteiger partial charge is 0.356 e. The molecule has 1 saturated heterocycles. The number of nitrogens with one attached hydrogen (secondary N) is 2. The maximum Gasteiger partial charge on any atom is 0.356 e. The number of rotatable bonds is 4. The highest BCUT2D eigenvalue weighted by molar-refractivity contribution is 9.10. The van der Waals surface area contributed by atoms with Crippen molar-refractivity contribution in [2.45, 2.75) is 19.8 Å². The van der Waals surface area contributed by atoms with Gasteiger partial charge in [-0.25, -0.2) is 4.79 Å². The van der Waals surface area contributed by atoms with Crippen molar-refractivity contribution < 1.29 is 14.3 Å². The Morgan fingerprint density at radius 3 is 2.96 bits per heavy atom. The third-order valence-corrected chi connectivity index (χ3v) is 5.02. The molecular formula is C18H22BrN3O3. The van der Waals surface area contributed by atoms with E-state index in [1.807, 2.05) is 18.2 Å². The van der Waals surface area contributed by atoms with Crippen molar-refractivity contribution in [3.05, 3.63) is 28.4 Å².